The van der Waals surface area contributed by atoms with Gasteiger partial charge in [0.1, 0.15) is 22.8 Å². The lowest BCUT2D eigenvalue weighted by Crippen LogP contribution is -2.17. The Labute approximate surface area is 156 Å². The number of benzene rings is 2. The minimum absolute atomic E-state index is 0.246. The maximum absolute atomic E-state index is 12.0. The van der Waals surface area contributed by atoms with E-state index in [-0.39, 0.29) is 6.61 Å². The van der Waals surface area contributed by atoms with Crippen LogP contribution in [0.2, 0.25) is 0 Å². The van der Waals surface area contributed by atoms with Crippen molar-refractivity contribution in [2.24, 2.45) is 0 Å². The number of hydrogen-bond donors (Lipinski definition) is 0. The summed E-state index contributed by atoms with van der Waals surface area (Å²) in [6, 6.07) is 13.4. The van der Waals surface area contributed by atoms with E-state index in [0.717, 1.165) is 23.8 Å². The second-order valence-electron chi connectivity index (χ2n) is 5.94. The minimum Gasteiger partial charge on any atom is -0.497 e. The van der Waals surface area contributed by atoms with E-state index in [1.807, 2.05) is 6.92 Å². The largest absolute Gasteiger partial charge is 0.497 e. The fraction of sp³-hybridized carbons (Fsp3) is 0.238. The number of esters is 1. The standard InChI is InChI=1S/C21H20O6/c1-3-4-14-11-20(22)27-19-12-17(9-10-18(14)19)26-21(23)13-25-16-7-5-15(24-2)6-8-16/h5-12H,3-4,13H2,1-2H3. The number of carbonyl (C=O) groups excluding carboxylic acids is 1. The fourth-order valence-corrected chi connectivity index (χ4v) is 2.73. The van der Waals surface area contributed by atoms with Crippen LogP contribution in [0, 0.1) is 0 Å². The van der Waals surface area contributed by atoms with Crippen LogP contribution in [0.4, 0.5) is 0 Å². The summed E-state index contributed by atoms with van der Waals surface area (Å²) in [6.45, 7) is 1.80. The molecule has 0 aliphatic heterocycles. The first-order valence-corrected chi connectivity index (χ1v) is 8.63. The van der Waals surface area contributed by atoms with Gasteiger partial charge in [0, 0.05) is 17.5 Å². The number of methoxy groups -OCH3 is 1. The summed E-state index contributed by atoms with van der Waals surface area (Å²) >= 11 is 0. The summed E-state index contributed by atoms with van der Waals surface area (Å²) in [4.78, 5) is 23.7. The maximum Gasteiger partial charge on any atom is 0.349 e. The molecule has 6 heteroatoms. The van der Waals surface area contributed by atoms with Crippen molar-refractivity contribution in [3.05, 3.63) is 64.5 Å². The van der Waals surface area contributed by atoms with Gasteiger partial charge >= 0.3 is 11.6 Å². The molecule has 0 saturated heterocycles. The van der Waals surface area contributed by atoms with Gasteiger partial charge in [-0.15, -0.1) is 0 Å². The van der Waals surface area contributed by atoms with Gasteiger partial charge in [-0.05, 0) is 48.4 Å². The highest BCUT2D eigenvalue weighted by atomic mass is 16.6. The predicted octanol–water partition coefficient (Wildman–Crippen LogP) is 3.74. The lowest BCUT2D eigenvalue weighted by Gasteiger charge is -2.09. The van der Waals surface area contributed by atoms with Gasteiger partial charge in [0.05, 0.1) is 7.11 Å². The molecule has 0 atom stereocenters. The van der Waals surface area contributed by atoms with Crippen molar-refractivity contribution in [1.82, 2.24) is 0 Å². The van der Waals surface area contributed by atoms with Crippen LogP contribution in [0.15, 0.2) is 57.7 Å². The van der Waals surface area contributed by atoms with Crippen LogP contribution in [0.25, 0.3) is 11.0 Å². The topological polar surface area (TPSA) is 75.0 Å². The first-order valence-electron chi connectivity index (χ1n) is 8.63. The molecule has 0 bridgehead atoms. The van der Waals surface area contributed by atoms with Crippen molar-refractivity contribution < 1.29 is 23.4 Å². The van der Waals surface area contributed by atoms with Crippen LogP contribution in [0.5, 0.6) is 17.2 Å². The number of hydrogen-bond acceptors (Lipinski definition) is 6. The summed E-state index contributed by atoms with van der Waals surface area (Å²) in [5.41, 5.74) is 0.897. The first kappa shape index (κ1) is 18.5. The Kier molecular flexibility index (Phi) is 5.76. The third kappa shape index (κ3) is 4.67. The number of fused-ring (bicyclic) bond motifs is 1. The average molecular weight is 368 g/mol. The van der Waals surface area contributed by atoms with E-state index >= 15 is 0 Å². The Morgan fingerprint density at radius 2 is 1.70 bits per heavy atom. The Morgan fingerprint density at radius 3 is 2.41 bits per heavy atom. The van der Waals surface area contributed by atoms with Gasteiger partial charge in [0.15, 0.2) is 6.61 Å². The molecule has 3 rings (SSSR count). The lowest BCUT2D eigenvalue weighted by atomic mass is 10.1. The third-order valence-corrected chi connectivity index (χ3v) is 3.97. The zero-order valence-electron chi connectivity index (χ0n) is 15.2. The van der Waals surface area contributed by atoms with Gasteiger partial charge in [0.25, 0.3) is 0 Å². The highest BCUT2D eigenvalue weighted by Crippen LogP contribution is 2.24. The van der Waals surface area contributed by atoms with Crippen LogP contribution >= 0.6 is 0 Å². The molecule has 0 aliphatic rings. The molecule has 140 valence electrons. The van der Waals surface area contributed by atoms with Gasteiger partial charge in [0.2, 0.25) is 0 Å². The Bertz CT molecular complexity index is 988. The third-order valence-electron chi connectivity index (χ3n) is 3.97. The Morgan fingerprint density at radius 1 is 1.00 bits per heavy atom. The van der Waals surface area contributed by atoms with Crippen molar-refractivity contribution >= 4 is 16.9 Å². The van der Waals surface area contributed by atoms with Crippen molar-refractivity contribution in [2.45, 2.75) is 19.8 Å². The van der Waals surface area contributed by atoms with Crippen molar-refractivity contribution in [3.63, 3.8) is 0 Å². The van der Waals surface area contributed by atoms with Crippen LogP contribution in [-0.4, -0.2) is 19.7 Å². The van der Waals surface area contributed by atoms with Crippen LogP contribution in [-0.2, 0) is 11.2 Å². The molecule has 3 aromatic rings. The first-order chi connectivity index (χ1) is 13.1. The highest BCUT2D eigenvalue weighted by molar-refractivity contribution is 5.83. The zero-order valence-corrected chi connectivity index (χ0v) is 15.2. The van der Waals surface area contributed by atoms with Gasteiger partial charge < -0.3 is 18.6 Å². The van der Waals surface area contributed by atoms with Crippen molar-refractivity contribution in [2.75, 3.05) is 13.7 Å². The molecule has 0 aliphatic carbocycles. The molecule has 27 heavy (non-hydrogen) atoms. The second-order valence-corrected chi connectivity index (χ2v) is 5.94. The molecule has 0 unspecified atom stereocenters. The van der Waals surface area contributed by atoms with E-state index in [2.05, 4.69) is 0 Å². The quantitative estimate of drug-likeness (QED) is 0.359. The molecule has 1 aromatic heterocycles. The number of rotatable bonds is 7. The number of aryl methyl sites for hydroxylation is 1. The predicted molar refractivity (Wildman–Crippen MR) is 101 cm³/mol. The van der Waals surface area contributed by atoms with Crippen LogP contribution in [0.1, 0.15) is 18.9 Å². The second kappa shape index (κ2) is 8.40. The summed E-state index contributed by atoms with van der Waals surface area (Å²) < 4.78 is 21.0. The Hall–Kier alpha value is -3.28. The van der Waals surface area contributed by atoms with Gasteiger partial charge in [-0.25, -0.2) is 9.59 Å². The van der Waals surface area contributed by atoms with Gasteiger partial charge in [-0.3, -0.25) is 0 Å². The van der Waals surface area contributed by atoms with E-state index < -0.39 is 11.6 Å². The maximum atomic E-state index is 12.0. The van der Waals surface area contributed by atoms with E-state index in [0.29, 0.717) is 22.8 Å². The Balaban J connectivity index is 1.68. The molecule has 2 aromatic carbocycles. The van der Waals surface area contributed by atoms with Crippen LogP contribution < -0.4 is 19.8 Å². The molecule has 0 radical (unpaired) electrons. The number of carbonyl (C=O) groups is 1. The number of ether oxygens (including phenoxy) is 3. The highest BCUT2D eigenvalue weighted by Gasteiger charge is 2.10. The summed E-state index contributed by atoms with van der Waals surface area (Å²) in [6.07, 6.45) is 1.69. The van der Waals surface area contributed by atoms with Crippen LogP contribution in [0.3, 0.4) is 0 Å². The molecular formula is C21H20O6. The van der Waals surface area contributed by atoms with E-state index in [9.17, 15) is 9.59 Å². The van der Waals surface area contributed by atoms with E-state index in [4.69, 9.17) is 18.6 Å². The molecule has 6 nitrogen and oxygen atoms in total. The summed E-state index contributed by atoms with van der Waals surface area (Å²) in [7, 11) is 1.57. The monoisotopic (exact) mass is 368 g/mol. The molecular weight excluding hydrogens is 348 g/mol. The summed E-state index contributed by atoms with van der Waals surface area (Å²) in [5.74, 6) is 0.964. The summed E-state index contributed by atoms with van der Waals surface area (Å²) in [5, 5.41) is 0.839. The molecule has 0 fully saturated rings. The van der Waals surface area contributed by atoms with Gasteiger partial charge in [-0.2, -0.15) is 0 Å². The smallest absolute Gasteiger partial charge is 0.349 e. The molecule has 0 saturated carbocycles. The average Bonchev–Trinajstić information content (AvgIpc) is 2.66. The lowest BCUT2D eigenvalue weighted by molar-refractivity contribution is -0.136. The van der Waals surface area contributed by atoms with Crippen molar-refractivity contribution in [3.8, 4) is 17.2 Å². The molecule has 1 heterocycles. The molecule has 0 N–H and O–H groups in total. The minimum atomic E-state index is -0.558. The molecule has 0 amide bonds. The molecule has 0 spiro atoms. The van der Waals surface area contributed by atoms with Gasteiger partial charge in [-0.1, -0.05) is 13.3 Å². The van der Waals surface area contributed by atoms with Crippen molar-refractivity contribution in [1.29, 1.82) is 0 Å². The van der Waals surface area contributed by atoms with E-state index in [1.54, 1.807) is 49.6 Å². The zero-order chi connectivity index (χ0) is 19.2. The van der Waals surface area contributed by atoms with E-state index in [1.165, 1.54) is 6.07 Å². The SMILES string of the molecule is CCCc1cc(=O)oc2cc(OC(=O)COc3ccc(OC)cc3)ccc12. The fourth-order valence-electron chi connectivity index (χ4n) is 2.73. The normalized spacial score (nSPS) is 10.6.